The maximum absolute atomic E-state index is 11.8. The van der Waals surface area contributed by atoms with Gasteiger partial charge < -0.3 is 15.4 Å². The maximum Gasteiger partial charge on any atom is 0.240 e. The summed E-state index contributed by atoms with van der Waals surface area (Å²) in [7, 11) is 1.64. The molecular weight excluding hydrogens is 346 g/mol. The number of nitrogens with one attached hydrogen (secondary N) is 2. The van der Waals surface area contributed by atoms with Crippen LogP contribution in [0.5, 0.6) is 0 Å². The first-order valence-corrected chi connectivity index (χ1v) is 8.71. The Labute approximate surface area is 152 Å². The monoisotopic (exact) mass is 367 g/mol. The minimum Gasteiger partial charge on any atom is -0.383 e. The number of anilines is 1. The fourth-order valence-electron chi connectivity index (χ4n) is 2.73. The van der Waals surface area contributed by atoms with Crippen LogP contribution in [0.2, 0.25) is 0 Å². The average Bonchev–Trinajstić information content (AvgIpc) is 3.19. The minimum atomic E-state index is -0.0871. The molecule has 24 heavy (non-hydrogen) atoms. The second kappa shape index (κ2) is 9.13. The summed E-state index contributed by atoms with van der Waals surface area (Å²) in [5.74, 6) is -0.0871. The lowest BCUT2D eigenvalue weighted by molar-refractivity contribution is -0.115. The van der Waals surface area contributed by atoms with Crippen molar-refractivity contribution in [2.45, 2.75) is 19.3 Å². The molecule has 0 aliphatic heterocycles. The quantitative estimate of drug-likeness (QED) is 0.738. The Morgan fingerprint density at radius 3 is 3.00 bits per heavy atom. The average molecular weight is 368 g/mol. The van der Waals surface area contributed by atoms with E-state index in [9.17, 15) is 4.79 Å². The van der Waals surface area contributed by atoms with E-state index >= 15 is 0 Å². The SMILES string of the molecule is COCCNCC(=O)Nc1nc(-c2ccc3c(c2)CCC3)cs1.Cl. The van der Waals surface area contributed by atoms with E-state index in [1.54, 1.807) is 7.11 Å². The number of benzene rings is 1. The number of amides is 1. The van der Waals surface area contributed by atoms with Crippen molar-refractivity contribution >= 4 is 34.8 Å². The summed E-state index contributed by atoms with van der Waals surface area (Å²) in [5, 5.41) is 8.47. The Morgan fingerprint density at radius 2 is 2.17 bits per heavy atom. The lowest BCUT2D eigenvalue weighted by Crippen LogP contribution is -2.30. The number of hydrogen-bond acceptors (Lipinski definition) is 5. The molecule has 5 nitrogen and oxygen atoms in total. The number of aromatic nitrogens is 1. The summed E-state index contributed by atoms with van der Waals surface area (Å²) in [6, 6.07) is 6.56. The second-order valence-electron chi connectivity index (χ2n) is 5.59. The third-order valence-corrected chi connectivity index (χ3v) is 4.67. The highest BCUT2D eigenvalue weighted by Crippen LogP contribution is 2.29. The van der Waals surface area contributed by atoms with Gasteiger partial charge in [-0.3, -0.25) is 4.79 Å². The first-order valence-electron chi connectivity index (χ1n) is 7.83. The fourth-order valence-corrected chi connectivity index (χ4v) is 3.47. The van der Waals surface area contributed by atoms with Gasteiger partial charge >= 0.3 is 0 Å². The third-order valence-electron chi connectivity index (χ3n) is 3.91. The van der Waals surface area contributed by atoms with Gasteiger partial charge in [0.1, 0.15) is 0 Å². The van der Waals surface area contributed by atoms with Crippen molar-refractivity contribution in [1.82, 2.24) is 10.3 Å². The van der Waals surface area contributed by atoms with E-state index in [1.807, 2.05) is 5.38 Å². The van der Waals surface area contributed by atoms with Crippen molar-refractivity contribution in [3.05, 3.63) is 34.7 Å². The van der Waals surface area contributed by atoms with Crippen molar-refractivity contribution in [2.24, 2.45) is 0 Å². The zero-order valence-electron chi connectivity index (χ0n) is 13.6. The number of carbonyl (C=O) groups excluding carboxylic acids is 1. The molecule has 7 heteroatoms. The lowest BCUT2D eigenvalue weighted by Gasteiger charge is -2.04. The van der Waals surface area contributed by atoms with Crippen LogP contribution < -0.4 is 10.6 Å². The smallest absolute Gasteiger partial charge is 0.240 e. The summed E-state index contributed by atoms with van der Waals surface area (Å²) in [4.78, 5) is 16.4. The topological polar surface area (TPSA) is 63.2 Å². The zero-order chi connectivity index (χ0) is 16.1. The van der Waals surface area contributed by atoms with Crippen LogP contribution in [0.3, 0.4) is 0 Å². The molecule has 130 valence electrons. The van der Waals surface area contributed by atoms with Gasteiger partial charge in [0.15, 0.2) is 5.13 Å². The van der Waals surface area contributed by atoms with Crippen molar-refractivity contribution in [3.63, 3.8) is 0 Å². The Bertz CT molecular complexity index is 690. The van der Waals surface area contributed by atoms with Crippen LogP contribution in [0, 0.1) is 0 Å². The number of nitrogens with zero attached hydrogens (tertiary/aromatic N) is 1. The van der Waals surface area contributed by atoms with E-state index in [0.29, 0.717) is 18.3 Å². The van der Waals surface area contributed by atoms with Crippen LogP contribution >= 0.6 is 23.7 Å². The van der Waals surface area contributed by atoms with Crippen molar-refractivity contribution < 1.29 is 9.53 Å². The molecule has 1 aliphatic carbocycles. The molecule has 3 rings (SSSR count). The lowest BCUT2D eigenvalue weighted by atomic mass is 10.1. The van der Waals surface area contributed by atoms with E-state index in [-0.39, 0.29) is 24.9 Å². The largest absolute Gasteiger partial charge is 0.383 e. The van der Waals surface area contributed by atoms with Crippen molar-refractivity contribution in [1.29, 1.82) is 0 Å². The van der Waals surface area contributed by atoms with Gasteiger partial charge in [0, 0.05) is 24.6 Å². The Balaban J connectivity index is 0.00000208. The van der Waals surface area contributed by atoms with Gasteiger partial charge in [-0.25, -0.2) is 4.98 Å². The number of halogens is 1. The molecule has 0 radical (unpaired) electrons. The van der Waals surface area contributed by atoms with Crippen LogP contribution in [0.15, 0.2) is 23.6 Å². The second-order valence-corrected chi connectivity index (χ2v) is 6.45. The van der Waals surface area contributed by atoms with Gasteiger partial charge in [0.25, 0.3) is 0 Å². The maximum atomic E-state index is 11.8. The zero-order valence-corrected chi connectivity index (χ0v) is 15.3. The molecular formula is C17H22ClN3O2S. The first-order chi connectivity index (χ1) is 11.3. The molecule has 2 aromatic rings. The molecule has 0 saturated heterocycles. The van der Waals surface area contributed by atoms with E-state index in [1.165, 1.54) is 35.3 Å². The van der Waals surface area contributed by atoms with Gasteiger partial charge in [0.2, 0.25) is 5.91 Å². The summed E-state index contributed by atoms with van der Waals surface area (Å²) in [5.41, 5.74) is 4.94. The summed E-state index contributed by atoms with van der Waals surface area (Å²) in [6.45, 7) is 1.51. The molecule has 1 heterocycles. The first kappa shape index (κ1) is 18.9. The number of carbonyl (C=O) groups is 1. The van der Waals surface area contributed by atoms with Crippen LogP contribution in [0.25, 0.3) is 11.3 Å². The molecule has 0 unspecified atom stereocenters. The van der Waals surface area contributed by atoms with E-state index in [2.05, 4.69) is 33.8 Å². The van der Waals surface area contributed by atoms with E-state index in [4.69, 9.17) is 4.74 Å². The highest BCUT2D eigenvalue weighted by Gasteiger charge is 2.13. The highest BCUT2D eigenvalue weighted by atomic mass is 35.5. The third kappa shape index (κ3) is 4.77. The molecule has 1 aromatic carbocycles. The van der Waals surface area contributed by atoms with Gasteiger partial charge in [-0.2, -0.15) is 0 Å². The van der Waals surface area contributed by atoms with Crippen LogP contribution in [0.1, 0.15) is 17.5 Å². The van der Waals surface area contributed by atoms with Gasteiger partial charge in [-0.1, -0.05) is 12.1 Å². The molecule has 1 aliphatic rings. The molecule has 0 spiro atoms. The van der Waals surface area contributed by atoms with E-state index in [0.717, 1.165) is 17.7 Å². The summed E-state index contributed by atoms with van der Waals surface area (Å²) in [6.07, 6.45) is 3.58. The minimum absolute atomic E-state index is 0. The number of hydrogen-bond donors (Lipinski definition) is 2. The van der Waals surface area contributed by atoms with Gasteiger partial charge in [-0.05, 0) is 36.5 Å². The predicted octanol–water partition coefficient (Wildman–Crippen LogP) is 2.90. The Kier molecular flexibility index (Phi) is 7.17. The molecule has 1 amide bonds. The summed E-state index contributed by atoms with van der Waals surface area (Å²) >= 11 is 1.45. The number of thiazole rings is 1. The highest BCUT2D eigenvalue weighted by molar-refractivity contribution is 7.14. The number of rotatable bonds is 7. The molecule has 0 atom stereocenters. The molecule has 1 aromatic heterocycles. The number of ether oxygens (including phenoxy) is 1. The standard InChI is InChI=1S/C17H21N3O2S.ClH/c1-22-8-7-18-10-16(21)20-17-19-15(11-23-17)14-6-5-12-3-2-4-13(12)9-14;/h5-6,9,11,18H,2-4,7-8,10H2,1H3,(H,19,20,21);1H. The van der Waals surface area contributed by atoms with Crippen LogP contribution in [-0.4, -0.2) is 37.7 Å². The fraction of sp³-hybridized carbons (Fsp3) is 0.412. The predicted molar refractivity (Wildman–Crippen MR) is 100 cm³/mol. The molecule has 2 N–H and O–H groups in total. The van der Waals surface area contributed by atoms with Gasteiger partial charge in [0.05, 0.1) is 18.8 Å². The molecule has 0 bridgehead atoms. The van der Waals surface area contributed by atoms with E-state index < -0.39 is 0 Å². The summed E-state index contributed by atoms with van der Waals surface area (Å²) < 4.78 is 4.92. The van der Waals surface area contributed by atoms with Crippen molar-refractivity contribution in [3.8, 4) is 11.3 Å². The normalized spacial score (nSPS) is 12.5. The number of aryl methyl sites for hydroxylation is 2. The number of fused-ring (bicyclic) bond motifs is 1. The Morgan fingerprint density at radius 1 is 1.33 bits per heavy atom. The molecule has 0 saturated carbocycles. The Hall–Kier alpha value is -1.47. The van der Waals surface area contributed by atoms with Crippen LogP contribution in [0.4, 0.5) is 5.13 Å². The van der Waals surface area contributed by atoms with Crippen molar-refractivity contribution in [2.75, 3.05) is 32.1 Å². The van der Waals surface area contributed by atoms with Crippen LogP contribution in [-0.2, 0) is 22.4 Å². The number of methoxy groups -OCH3 is 1. The van der Waals surface area contributed by atoms with Gasteiger partial charge in [-0.15, -0.1) is 23.7 Å². The molecule has 0 fully saturated rings.